The molecule has 0 aromatic rings. The van der Waals surface area contributed by atoms with Crippen LogP contribution in [0.15, 0.2) is 0 Å². The predicted molar refractivity (Wildman–Crippen MR) is 47.4 cm³/mol. The van der Waals surface area contributed by atoms with Crippen molar-refractivity contribution in [3.05, 3.63) is 0 Å². The highest BCUT2D eigenvalue weighted by Crippen LogP contribution is 2.25. The van der Waals surface area contributed by atoms with Crippen LogP contribution in [0.2, 0.25) is 0 Å². The van der Waals surface area contributed by atoms with Crippen molar-refractivity contribution in [2.45, 2.75) is 52.1 Å². The standard InChI is InChI=1S/C10H20O/c1-8-4-3-5-10(11)7-9(2)6-8/h8-11H,3-7H2,1-2H3. The normalized spacial score (nSPS) is 41.2. The molecule has 1 aliphatic rings. The van der Waals surface area contributed by atoms with Crippen LogP contribution in [-0.4, -0.2) is 11.2 Å². The number of rotatable bonds is 0. The first-order valence-electron chi connectivity index (χ1n) is 4.86. The van der Waals surface area contributed by atoms with Gasteiger partial charge in [0.25, 0.3) is 0 Å². The summed E-state index contributed by atoms with van der Waals surface area (Å²) in [5, 5.41) is 9.47. The largest absolute Gasteiger partial charge is 0.393 e. The summed E-state index contributed by atoms with van der Waals surface area (Å²) in [7, 11) is 0. The van der Waals surface area contributed by atoms with Crippen LogP contribution in [0, 0.1) is 11.8 Å². The van der Waals surface area contributed by atoms with Gasteiger partial charge in [-0.3, -0.25) is 0 Å². The molecule has 0 heterocycles. The molecule has 0 bridgehead atoms. The van der Waals surface area contributed by atoms with Gasteiger partial charge in [0.05, 0.1) is 6.10 Å². The summed E-state index contributed by atoms with van der Waals surface area (Å²) in [6.07, 6.45) is 5.85. The minimum absolute atomic E-state index is 0.0162. The average molecular weight is 156 g/mol. The Kier molecular flexibility index (Phi) is 3.38. The molecule has 0 aliphatic heterocycles. The topological polar surface area (TPSA) is 20.2 Å². The molecular weight excluding hydrogens is 136 g/mol. The first kappa shape index (κ1) is 9.05. The highest BCUT2D eigenvalue weighted by molar-refractivity contribution is 4.69. The number of aliphatic hydroxyl groups excluding tert-OH is 1. The van der Waals surface area contributed by atoms with E-state index in [1.165, 1.54) is 19.3 Å². The number of hydrogen-bond acceptors (Lipinski definition) is 1. The third-order valence-electron chi connectivity index (χ3n) is 2.71. The Morgan fingerprint density at radius 2 is 1.73 bits per heavy atom. The minimum Gasteiger partial charge on any atom is -0.393 e. The second-order valence-electron chi connectivity index (χ2n) is 4.27. The van der Waals surface area contributed by atoms with Crippen molar-refractivity contribution in [2.75, 3.05) is 0 Å². The maximum Gasteiger partial charge on any atom is 0.0542 e. The first-order valence-corrected chi connectivity index (χ1v) is 4.86. The highest BCUT2D eigenvalue weighted by atomic mass is 16.3. The summed E-state index contributed by atoms with van der Waals surface area (Å²) in [6.45, 7) is 4.58. The van der Waals surface area contributed by atoms with Crippen LogP contribution in [0.3, 0.4) is 0 Å². The van der Waals surface area contributed by atoms with Gasteiger partial charge in [0.15, 0.2) is 0 Å². The van der Waals surface area contributed by atoms with E-state index in [4.69, 9.17) is 0 Å². The average Bonchev–Trinajstić information content (AvgIpc) is 1.83. The van der Waals surface area contributed by atoms with Crippen molar-refractivity contribution in [3.8, 4) is 0 Å². The monoisotopic (exact) mass is 156 g/mol. The summed E-state index contributed by atoms with van der Waals surface area (Å²) in [4.78, 5) is 0. The maximum atomic E-state index is 9.47. The Morgan fingerprint density at radius 1 is 1.00 bits per heavy atom. The maximum absolute atomic E-state index is 9.47. The van der Waals surface area contributed by atoms with Gasteiger partial charge in [0.1, 0.15) is 0 Å². The molecule has 0 spiro atoms. The molecule has 0 aromatic carbocycles. The van der Waals surface area contributed by atoms with Crippen molar-refractivity contribution in [1.82, 2.24) is 0 Å². The lowest BCUT2D eigenvalue weighted by atomic mass is 9.85. The lowest BCUT2D eigenvalue weighted by Crippen LogP contribution is -2.17. The van der Waals surface area contributed by atoms with E-state index in [-0.39, 0.29) is 6.10 Å². The Balaban J connectivity index is 2.34. The molecule has 1 saturated carbocycles. The molecule has 66 valence electrons. The van der Waals surface area contributed by atoms with Crippen molar-refractivity contribution < 1.29 is 5.11 Å². The van der Waals surface area contributed by atoms with Crippen LogP contribution in [0.1, 0.15) is 46.0 Å². The SMILES string of the molecule is CC1CCCC(O)CC(C)C1. The van der Waals surface area contributed by atoms with E-state index in [1.807, 2.05) is 0 Å². The van der Waals surface area contributed by atoms with Gasteiger partial charge in [0, 0.05) is 0 Å². The molecule has 3 atom stereocenters. The molecule has 1 aliphatic carbocycles. The van der Waals surface area contributed by atoms with Crippen molar-refractivity contribution >= 4 is 0 Å². The zero-order chi connectivity index (χ0) is 8.27. The van der Waals surface area contributed by atoms with Crippen molar-refractivity contribution in [2.24, 2.45) is 11.8 Å². The van der Waals surface area contributed by atoms with E-state index in [0.29, 0.717) is 0 Å². The number of aliphatic hydroxyl groups is 1. The molecule has 3 unspecified atom stereocenters. The van der Waals surface area contributed by atoms with Gasteiger partial charge in [-0.25, -0.2) is 0 Å². The number of hydrogen-bond donors (Lipinski definition) is 1. The van der Waals surface area contributed by atoms with Crippen LogP contribution in [-0.2, 0) is 0 Å². The van der Waals surface area contributed by atoms with E-state index in [2.05, 4.69) is 13.8 Å². The second kappa shape index (κ2) is 4.10. The summed E-state index contributed by atoms with van der Waals surface area (Å²) >= 11 is 0. The third-order valence-corrected chi connectivity index (χ3v) is 2.71. The predicted octanol–water partition coefficient (Wildman–Crippen LogP) is 2.58. The molecule has 1 N–H and O–H groups in total. The molecule has 0 saturated heterocycles. The Hall–Kier alpha value is -0.0400. The zero-order valence-electron chi connectivity index (χ0n) is 7.71. The first-order chi connectivity index (χ1) is 5.18. The molecule has 1 rings (SSSR count). The van der Waals surface area contributed by atoms with Crippen LogP contribution in [0.4, 0.5) is 0 Å². The van der Waals surface area contributed by atoms with E-state index in [9.17, 15) is 5.11 Å². The van der Waals surface area contributed by atoms with Gasteiger partial charge >= 0.3 is 0 Å². The summed E-state index contributed by atoms with van der Waals surface area (Å²) in [6, 6.07) is 0. The fourth-order valence-corrected chi connectivity index (χ4v) is 2.19. The van der Waals surface area contributed by atoms with Gasteiger partial charge in [0.2, 0.25) is 0 Å². The van der Waals surface area contributed by atoms with E-state index in [1.54, 1.807) is 0 Å². The van der Waals surface area contributed by atoms with E-state index >= 15 is 0 Å². The Labute approximate surface area is 69.8 Å². The molecule has 11 heavy (non-hydrogen) atoms. The Bertz CT molecular complexity index is 99.4. The smallest absolute Gasteiger partial charge is 0.0542 e. The second-order valence-corrected chi connectivity index (χ2v) is 4.27. The van der Waals surface area contributed by atoms with Crippen LogP contribution < -0.4 is 0 Å². The fraction of sp³-hybridized carbons (Fsp3) is 1.00. The third kappa shape index (κ3) is 3.24. The fourth-order valence-electron chi connectivity index (χ4n) is 2.19. The van der Waals surface area contributed by atoms with Crippen molar-refractivity contribution in [3.63, 3.8) is 0 Å². The summed E-state index contributed by atoms with van der Waals surface area (Å²) < 4.78 is 0. The van der Waals surface area contributed by atoms with Crippen LogP contribution in [0.25, 0.3) is 0 Å². The lowest BCUT2D eigenvalue weighted by molar-refractivity contribution is 0.114. The lowest BCUT2D eigenvalue weighted by Gasteiger charge is -2.23. The quantitative estimate of drug-likeness (QED) is 0.571. The molecule has 0 aromatic heterocycles. The molecule has 0 amide bonds. The van der Waals surface area contributed by atoms with Crippen molar-refractivity contribution in [1.29, 1.82) is 0 Å². The minimum atomic E-state index is -0.0162. The van der Waals surface area contributed by atoms with E-state index in [0.717, 1.165) is 24.7 Å². The van der Waals surface area contributed by atoms with Gasteiger partial charge in [-0.2, -0.15) is 0 Å². The highest BCUT2D eigenvalue weighted by Gasteiger charge is 2.16. The Morgan fingerprint density at radius 3 is 2.45 bits per heavy atom. The van der Waals surface area contributed by atoms with Gasteiger partial charge in [-0.05, 0) is 31.1 Å². The van der Waals surface area contributed by atoms with Gasteiger partial charge in [-0.1, -0.05) is 26.7 Å². The molecule has 1 fully saturated rings. The molecular formula is C10H20O. The summed E-state index contributed by atoms with van der Waals surface area (Å²) in [5.41, 5.74) is 0. The molecule has 0 radical (unpaired) electrons. The van der Waals surface area contributed by atoms with E-state index < -0.39 is 0 Å². The van der Waals surface area contributed by atoms with Crippen LogP contribution >= 0.6 is 0 Å². The van der Waals surface area contributed by atoms with Gasteiger partial charge < -0.3 is 5.11 Å². The summed E-state index contributed by atoms with van der Waals surface area (Å²) in [5.74, 6) is 1.60. The van der Waals surface area contributed by atoms with Gasteiger partial charge in [-0.15, -0.1) is 0 Å². The zero-order valence-corrected chi connectivity index (χ0v) is 7.71. The van der Waals surface area contributed by atoms with Crippen LogP contribution in [0.5, 0.6) is 0 Å². The molecule has 1 nitrogen and oxygen atoms in total. The molecule has 1 heteroatoms.